The highest BCUT2D eigenvalue weighted by Gasteiger charge is 2.13. The molecule has 1 heterocycles. The SMILES string of the molecule is CCNc1ncc(F)cc1C(=O)NCCNS(C)(=O)=O. The maximum Gasteiger partial charge on any atom is 0.255 e. The number of sulfonamides is 1. The lowest BCUT2D eigenvalue weighted by atomic mass is 10.2. The first-order chi connectivity index (χ1) is 9.33. The van der Waals surface area contributed by atoms with Gasteiger partial charge in [0, 0.05) is 19.6 Å². The van der Waals surface area contributed by atoms with Crippen molar-refractivity contribution < 1.29 is 17.6 Å². The zero-order chi connectivity index (χ0) is 15.2. The Morgan fingerprint density at radius 2 is 2.10 bits per heavy atom. The molecule has 1 rings (SSSR count). The van der Waals surface area contributed by atoms with Gasteiger partial charge in [-0.2, -0.15) is 0 Å². The van der Waals surface area contributed by atoms with Crippen molar-refractivity contribution in [3.8, 4) is 0 Å². The van der Waals surface area contributed by atoms with E-state index in [4.69, 9.17) is 0 Å². The van der Waals surface area contributed by atoms with E-state index in [1.807, 2.05) is 6.92 Å². The molecule has 0 saturated heterocycles. The third kappa shape index (κ3) is 5.49. The minimum absolute atomic E-state index is 0.0594. The summed E-state index contributed by atoms with van der Waals surface area (Å²) in [5, 5.41) is 5.33. The van der Waals surface area contributed by atoms with E-state index in [1.165, 1.54) is 0 Å². The first kappa shape index (κ1) is 16.3. The van der Waals surface area contributed by atoms with Crippen LogP contribution in [0.5, 0.6) is 0 Å². The van der Waals surface area contributed by atoms with E-state index < -0.39 is 21.7 Å². The van der Waals surface area contributed by atoms with Crippen LogP contribution in [0.3, 0.4) is 0 Å². The van der Waals surface area contributed by atoms with Crippen molar-refractivity contribution in [3.05, 3.63) is 23.6 Å². The molecule has 0 aliphatic rings. The lowest BCUT2D eigenvalue weighted by molar-refractivity contribution is 0.0954. The van der Waals surface area contributed by atoms with Crippen LogP contribution in [-0.4, -0.2) is 45.2 Å². The smallest absolute Gasteiger partial charge is 0.255 e. The predicted molar refractivity (Wildman–Crippen MR) is 73.5 cm³/mol. The molecule has 1 aromatic heterocycles. The van der Waals surface area contributed by atoms with E-state index in [9.17, 15) is 17.6 Å². The zero-order valence-corrected chi connectivity index (χ0v) is 12.1. The van der Waals surface area contributed by atoms with E-state index in [1.54, 1.807) is 0 Å². The van der Waals surface area contributed by atoms with E-state index in [-0.39, 0.29) is 24.5 Å². The molecule has 0 atom stereocenters. The monoisotopic (exact) mass is 304 g/mol. The van der Waals surface area contributed by atoms with Crippen molar-refractivity contribution in [1.82, 2.24) is 15.0 Å². The molecule has 0 fully saturated rings. The molecule has 0 aromatic carbocycles. The van der Waals surface area contributed by atoms with Gasteiger partial charge < -0.3 is 10.6 Å². The summed E-state index contributed by atoms with van der Waals surface area (Å²) in [6.07, 6.45) is 2.04. The number of aromatic nitrogens is 1. The summed E-state index contributed by atoms with van der Waals surface area (Å²) in [4.78, 5) is 15.7. The maximum absolute atomic E-state index is 13.1. The Kier molecular flexibility index (Phi) is 5.83. The number of rotatable bonds is 7. The molecule has 112 valence electrons. The average molecular weight is 304 g/mol. The Bertz CT molecular complexity index is 577. The van der Waals surface area contributed by atoms with Gasteiger partial charge in [0.15, 0.2) is 0 Å². The molecule has 0 bridgehead atoms. The number of hydrogen-bond acceptors (Lipinski definition) is 5. The fourth-order valence-corrected chi connectivity index (χ4v) is 1.90. The molecule has 0 unspecified atom stereocenters. The lowest BCUT2D eigenvalue weighted by Gasteiger charge is -2.10. The number of carbonyl (C=O) groups excluding carboxylic acids is 1. The number of nitrogens with zero attached hydrogens (tertiary/aromatic N) is 1. The Balaban J connectivity index is 2.65. The van der Waals surface area contributed by atoms with Gasteiger partial charge in [-0.1, -0.05) is 0 Å². The van der Waals surface area contributed by atoms with Crippen LogP contribution in [-0.2, 0) is 10.0 Å². The van der Waals surface area contributed by atoms with Crippen LogP contribution in [0.25, 0.3) is 0 Å². The topological polar surface area (TPSA) is 100 Å². The van der Waals surface area contributed by atoms with E-state index in [2.05, 4.69) is 20.3 Å². The Labute approximate surface area is 117 Å². The van der Waals surface area contributed by atoms with Crippen molar-refractivity contribution in [2.75, 3.05) is 31.2 Å². The molecule has 3 N–H and O–H groups in total. The number of amides is 1. The van der Waals surface area contributed by atoms with Crippen LogP contribution in [0.2, 0.25) is 0 Å². The van der Waals surface area contributed by atoms with Crippen LogP contribution >= 0.6 is 0 Å². The fourth-order valence-electron chi connectivity index (χ4n) is 1.43. The van der Waals surface area contributed by atoms with Crippen molar-refractivity contribution >= 4 is 21.7 Å². The molecular weight excluding hydrogens is 287 g/mol. The number of anilines is 1. The summed E-state index contributed by atoms with van der Waals surface area (Å²) in [6, 6.07) is 1.07. The number of halogens is 1. The van der Waals surface area contributed by atoms with Crippen LogP contribution in [0.1, 0.15) is 17.3 Å². The second-order valence-corrected chi connectivity index (χ2v) is 5.84. The molecule has 7 nitrogen and oxygen atoms in total. The summed E-state index contributed by atoms with van der Waals surface area (Å²) in [5.74, 6) is -0.864. The summed E-state index contributed by atoms with van der Waals surface area (Å²) in [5.41, 5.74) is 0.0752. The van der Waals surface area contributed by atoms with E-state index in [0.29, 0.717) is 6.54 Å². The highest BCUT2D eigenvalue weighted by Crippen LogP contribution is 2.13. The number of hydrogen-bond donors (Lipinski definition) is 3. The fraction of sp³-hybridized carbons (Fsp3) is 0.455. The minimum atomic E-state index is -3.30. The second kappa shape index (κ2) is 7.15. The molecule has 0 spiro atoms. The van der Waals surface area contributed by atoms with Gasteiger partial charge in [0.2, 0.25) is 10.0 Å². The van der Waals surface area contributed by atoms with Crippen LogP contribution in [0.4, 0.5) is 10.2 Å². The molecule has 0 aliphatic carbocycles. The number of carbonyl (C=O) groups is 1. The van der Waals surface area contributed by atoms with E-state index >= 15 is 0 Å². The molecule has 20 heavy (non-hydrogen) atoms. The summed E-state index contributed by atoms with van der Waals surface area (Å²) < 4.78 is 37.0. The van der Waals surface area contributed by atoms with E-state index in [0.717, 1.165) is 18.5 Å². The van der Waals surface area contributed by atoms with Gasteiger partial charge in [-0.15, -0.1) is 0 Å². The second-order valence-electron chi connectivity index (χ2n) is 4.00. The average Bonchev–Trinajstić information content (AvgIpc) is 2.35. The molecular formula is C11H17FN4O3S. The number of nitrogens with one attached hydrogen (secondary N) is 3. The maximum atomic E-state index is 13.1. The van der Waals surface area contributed by atoms with Crippen molar-refractivity contribution in [3.63, 3.8) is 0 Å². The number of pyridine rings is 1. The van der Waals surface area contributed by atoms with Crippen LogP contribution in [0.15, 0.2) is 12.3 Å². The normalized spacial score (nSPS) is 11.2. The third-order valence-corrected chi connectivity index (χ3v) is 2.95. The van der Waals surface area contributed by atoms with Crippen molar-refractivity contribution in [2.45, 2.75) is 6.92 Å². The molecule has 9 heteroatoms. The van der Waals surface area contributed by atoms with Gasteiger partial charge >= 0.3 is 0 Å². The van der Waals surface area contributed by atoms with Crippen molar-refractivity contribution in [2.24, 2.45) is 0 Å². The highest BCUT2D eigenvalue weighted by atomic mass is 32.2. The Morgan fingerprint density at radius 1 is 1.40 bits per heavy atom. The predicted octanol–water partition coefficient (Wildman–Crippen LogP) is -0.0685. The highest BCUT2D eigenvalue weighted by molar-refractivity contribution is 7.88. The van der Waals surface area contributed by atoms with Crippen LogP contribution < -0.4 is 15.4 Å². The lowest BCUT2D eigenvalue weighted by Crippen LogP contribution is -2.34. The Morgan fingerprint density at radius 3 is 2.70 bits per heavy atom. The minimum Gasteiger partial charge on any atom is -0.370 e. The first-order valence-electron chi connectivity index (χ1n) is 5.95. The van der Waals surface area contributed by atoms with Crippen molar-refractivity contribution in [1.29, 1.82) is 0 Å². The molecule has 0 aliphatic heterocycles. The zero-order valence-electron chi connectivity index (χ0n) is 11.2. The standard InChI is InChI=1S/C11H17FN4O3S/c1-3-13-10-9(6-8(12)7-15-10)11(17)14-4-5-16-20(2,18)19/h6-7,16H,3-5H2,1-2H3,(H,13,15)(H,14,17). The largest absolute Gasteiger partial charge is 0.370 e. The first-order valence-corrected chi connectivity index (χ1v) is 7.85. The Hall–Kier alpha value is -1.74. The van der Waals surface area contributed by atoms with Crippen LogP contribution in [0, 0.1) is 5.82 Å². The van der Waals surface area contributed by atoms with Gasteiger partial charge in [-0.3, -0.25) is 4.79 Å². The van der Waals surface area contributed by atoms with Gasteiger partial charge in [0.1, 0.15) is 11.6 Å². The summed E-state index contributed by atoms with van der Waals surface area (Å²) in [7, 11) is -3.30. The molecule has 0 radical (unpaired) electrons. The summed E-state index contributed by atoms with van der Waals surface area (Å²) >= 11 is 0. The molecule has 1 aromatic rings. The van der Waals surface area contributed by atoms with Gasteiger partial charge in [-0.25, -0.2) is 22.5 Å². The van der Waals surface area contributed by atoms with Gasteiger partial charge in [0.05, 0.1) is 18.0 Å². The quantitative estimate of drug-likeness (QED) is 0.612. The molecule has 0 saturated carbocycles. The van der Waals surface area contributed by atoms with Gasteiger partial charge in [0.25, 0.3) is 5.91 Å². The third-order valence-electron chi connectivity index (χ3n) is 2.22. The summed E-state index contributed by atoms with van der Waals surface area (Å²) in [6.45, 7) is 2.51. The molecule has 1 amide bonds. The van der Waals surface area contributed by atoms with Gasteiger partial charge in [-0.05, 0) is 13.0 Å².